The molecular weight excluding hydrogens is 206 g/mol. The maximum absolute atomic E-state index is 11.5. The van der Waals surface area contributed by atoms with Gasteiger partial charge in [-0.15, -0.1) is 0 Å². The van der Waals surface area contributed by atoms with Crippen molar-refractivity contribution in [1.29, 1.82) is 0 Å². The number of esters is 1. The molecule has 0 atom stereocenters. The van der Waals surface area contributed by atoms with Crippen LogP contribution in [0.5, 0.6) is 5.88 Å². The van der Waals surface area contributed by atoms with Gasteiger partial charge in [-0.1, -0.05) is 0 Å². The average molecular weight is 223 g/mol. The minimum Gasteiger partial charge on any atom is -0.475 e. The largest absolute Gasteiger partial charge is 0.475 e. The predicted octanol–water partition coefficient (Wildman–Crippen LogP) is 2.35. The summed E-state index contributed by atoms with van der Waals surface area (Å²) in [7, 11) is 0. The fourth-order valence-corrected chi connectivity index (χ4v) is 1.27. The highest BCUT2D eigenvalue weighted by molar-refractivity contribution is 5.89. The third kappa shape index (κ3) is 3.53. The maximum Gasteiger partial charge on any atom is 0.338 e. The van der Waals surface area contributed by atoms with Crippen LogP contribution in [0.15, 0.2) is 12.1 Å². The molecule has 4 nitrogen and oxygen atoms in total. The maximum atomic E-state index is 11.5. The molecule has 0 N–H and O–H groups in total. The zero-order valence-electron chi connectivity index (χ0n) is 10.1. The van der Waals surface area contributed by atoms with Crippen LogP contribution in [0.1, 0.15) is 36.8 Å². The van der Waals surface area contributed by atoms with Gasteiger partial charge in [0, 0.05) is 11.8 Å². The molecule has 0 aromatic carbocycles. The molecule has 4 heteroatoms. The van der Waals surface area contributed by atoms with Crippen LogP contribution in [0.2, 0.25) is 0 Å². The number of rotatable bonds is 4. The number of hydrogen-bond donors (Lipinski definition) is 0. The van der Waals surface area contributed by atoms with Crippen LogP contribution in [0.3, 0.4) is 0 Å². The standard InChI is InChI=1S/C12H17NO3/c1-5-15-12(14)10-6-9(4)13-11(7-10)16-8(2)3/h6-8H,5H2,1-4H3. The Morgan fingerprint density at radius 2 is 2.12 bits per heavy atom. The second-order valence-electron chi connectivity index (χ2n) is 3.72. The zero-order chi connectivity index (χ0) is 12.1. The number of pyridine rings is 1. The van der Waals surface area contributed by atoms with Crippen molar-refractivity contribution >= 4 is 5.97 Å². The molecule has 16 heavy (non-hydrogen) atoms. The summed E-state index contributed by atoms with van der Waals surface area (Å²) in [5.74, 6) is 0.111. The summed E-state index contributed by atoms with van der Waals surface area (Å²) >= 11 is 0. The molecule has 0 bridgehead atoms. The van der Waals surface area contributed by atoms with Crippen LogP contribution >= 0.6 is 0 Å². The lowest BCUT2D eigenvalue weighted by Crippen LogP contribution is -2.10. The Balaban J connectivity index is 2.93. The monoisotopic (exact) mass is 223 g/mol. The highest BCUT2D eigenvalue weighted by Gasteiger charge is 2.10. The van der Waals surface area contributed by atoms with E-state index in [4.69, 9.17) is 9.47 Å². The minimum atomic E-state index is -0.346. The molecule has 0 spiro atoms. The molecule has 0 radical (unpaired) electrons. The van der Waals surface area contributed by atoms with Gasteiger partial charge in [0.2, 0.25) is 5.88 Å². The molecule has 0 saturated carbocycles. The van der Waals surface area contributed by atoms with Gasteiger partial charge >= 0.3 is 5.97 Å². The van der Waals surface area contributed by atoms with Gasteiger partial charge in [-0.25, -0.2) is 9.78 Å². The summed E-state index contributed by atoms with van der Waals surface area (Å²) in [4.78, 5) is 15.7. The van der Waals surface area contributed by atoms with Gasteiger partial charge in [0.1, 0.15) is 0 Å². The van der Waals surface area contributed by atoms with E-state index >= 15 is 0 Å². The van der Waals surface area contributed by atoms with Crippen LogP contribution in [0.4, 0.5) is 0 Å². The van der Waals surface area contributed by atoms with E-state index in [1.54, 1.807) is 19.1 Å². The molecule has 1 rings (SSSR count). The lowest BCUT2D eigenvalue weighted by molar-refractivity contribution is 0.0525. The first-order valence-electron chi connectivity index (χ1n) is 5.35. The Morgan fingerprint density at radius 3 is 2.69 bits per heavy atom. The van der Waals surface area contributed by atoms with Crippen LogP contribution < -0.4 is 4.74 Å². The number of hydrogen-bond acceptors (Lipinski definition) is 4. The van der Waals surface area contributed by atoms with Crippen LogP contribution in [0.25, 0.3) is 0 Å². The molecule has 0 aliphatic rings. The van der Waals surface area contributed by atoms with Crippen molar-refractivity contribution in [3.05, 3.63) is 23.4 Å². The summed E-state index contributed by atoms with van der Waals surface area (Å²) in [6.07, 6.45) is 0.0318. The van der Waals surface area contributed by atoms with E-state index in [1.165, 1.54) is 0 Å². The van der Waals surface area contributed by atoms with Crippen LogP contribution in [-0.2, 0) is 4.74 Å². The highest BCUT2D eigenvalue weighted by Crippen LogP contribution is 2.14. The third-order valence-electron chi connectivity index (χ3n) is 1.80. The molecule has 1 aromatic heterocycles. The molecule has 1 heterocycles. The highest BCUT2D eigenvalue weighted by atomic mass is 16.5. The van der Waals surface area contributed by atoms with Crippen LogP contribution in [0, 0.1) is 6.92 Å². The Hall–Kier alpha value is -1.58. The number of carbonyl (C=O) groups is 1. The Morgan fingerprint density at radius 1 is 1.44 bits per heavy atom. The second-order valence-corrected chi connectivity index (χ2v) is 3.72. The zero-order valence-corrected chi connectivity index (χ0v) is 10.1. The number of aromatic nitrogens is 1. The van der Waals surface area contributed by atoms with Crippen molar-refractivity contribution in [1.82, 2.24) is 4.98 Å². The van der Waals surface area contributed by atoms with Gasteiger partial charge in [-0.3, -0.25) is 0 Å². The van der Waals surface area contributed by atoms with Crippen molar-refractivity contribution in [2.24, 2.45) is 0 Å². The smallest absolute Gasteiger partial charge is 0.338 e. The van der Waals surface area contributed by atoms with Crippen molar-refractivity contribution in [3.8, 4) is 5.88 Å². The van der Waals surface area contributed by atoms with E-state index in [1.807, 2.05) is 20.8 Å². The van der Waals surface area contributed by atoms with Gasteiger partial charge in [-0.2, -0.15) is 0 Å². The van der Waals surface area contributed by atoms with E-state index < -0.39 is 0 Å². The van der Waals surface area contributed by atoms with Crippen molar-refractivity contribution in [3.63, 3.8) is 0 Å². The first-order valence-corrected chi connectivity index (χ1v) is 5.35. The molecule has 0 saturated heterocycles. The normalized spacial score (nSPS) is 10.3. The number of carbonyl (C=O) groups excluding carboxylic acids is 1. The van der Waals surface area contributed by atoms with E-state index in [0.717, 1.165) is 5.69 Å². The van der Waals surface area contributed by atoms with Crippen molar-refractivity contribution < 1.29 is 14.3 Å². The second kappa shape index (κ2) is 5.49. The summed E-state index contributed by atoms with van der Waals surface area (Å²) in [5.41, 5.74) is 1.21. The summed E-state index contributed by atoms with van der Waals surface area (Å²) < 4.78 is 10.4. The molecule has 0 aliphatic heterocycles. The van der Waals surface area contributed by atoms with E-state index in [-0.39, 0.29) is 12.1 Å². The molecule has 0 aliphatic carbocycles. The van der Waals surface area contributed by atoms with Gasteiger partial charge in [0.15, 0.2) is 0 Å². The van der Waals surface area contributed by atoms with Crippen LogP contribution in [-0.4, -0.2) is 23.7 Å². The SMILES string of the molecule is CCOC(=O)c1cc(C)nc(OC(C)C)c1. The van der Waals surface area contributed by atoms with E-state index in [2.05, 4.69) is 4.98 Å². The Labute approximate surface area is 95.6 Å². The van der Waals surface area contributed by atoms with Crippen molar-refractivity contribution in [2.45, 2.75) is 33.8 Å². The van der Waals surface area contributed by atoms with Gasteiger partial charge in [0.05, 0.1) is 18.3 Å². The Kier molecular flexibility index (Phi) is 4.28. The van der Waals surface area contributed by atoms with E-state index in [9.17, 15) is 4.79 Å². The fourth-order valence-electron chi connectivity index (χ4n) is 1.27. The lowest BCUT2D eigenvalue weighted by atomic mass is 10.2. The first kappa shape index (κ1) is 12.5. The summed E-state index contributed by atoms with van der Waals surface area (Å²) in [5, 5.41) is 0. The summed E-state index contributed by atoms with van der Waals surface area (Å²) in [6.45, 7) is 7.77. The topological polar surface area (TPSA) is 48.4 Å². The van der Waals surface area contributed by atoms with Gasteiger partial charge in [-0.05, 0) is 33.8 Å². The lowest BCUT2D eigenvalue weighted by Gasteiger charge is -2.10. The van der Waals surface area contributed by atoms with Crippen molar-refractivity contribution in [2.75, 3.05) is 6.61 Å². The predicted molar refractivity (Wildman–Crippen MR) is 60.7 cm³/mol. The molecule has 0 fully saturated rings. The fraction of sp³-hybridized carbons (Fsp3) is 0.500. The number of aryl methyl sites for hydroxylation is 1. The number of nitrogens with zero attached hydrogens (tertiary/aromatic N) is 1. The van der Waals surface area contributed by atoms with Gasteiger partial charge in [0.25, 0.3) is 0 Å². The molecule has 0 amide bonds. The first-order chi connectivity index (χ1) is 7.52. The minimum absolute atomic E-state index is 0.0318. The average Bonchev–Trinajstić information content (AvgIpc) is 2.15. The molecule has 1 aromatic rings. The molecular formula is C12H17NO3. The molecule has 0 unspecified atom stereocenters. The summed E-state index contributed by atoms with van der Waals surface area (Å²) in [6, 6.07) is 3.29. The van der Waals surface area contributed by atoms with Gasteiger partial charge < -0.3 is 9.47 Å². The third-order valence-corrected chi connectivity index (χ3v) is 1.80. The van der Waals surface area contributed by atoms with E-state index in [0.29, 0.717) is 18.1 Å². The number of ether oxygens (including phenoxy) is 2. The Bertz CT molecular complexity index is 375. The molecule has 88 valence electrons. The quantitative estimate of drug-likeness (QED) is 0.735.